The molecule has 180 valence electrons. The molecule has 2 amide bonds. The third kappa shape index (κ3) is 3.33. The van der Waals surface area contributed by atoms with Gasteiger partial charge in [-0.2, -0.15) is 0 Å². The number of imide groups is 1. The third-order valence-corrected chi connectivity index (χ3v) is 8.09. The van der Waals surface area contributed by atoms with Crippen LogP contribution in [0.4, 0.5) is 5.69 Å². The van der Waals surface area contributed by atoms with Gasteiger partial charge >= 0.3 is 0 Å². The molecular weight excluding hydrogens is 544 g/mol. The van der Waals surface area contributed by atoms with Gasteiger partial charge in [-0.15, -0.1) is 0 Å². The SMILES string of the molecule is COc1ccc(C(=O)[C@H]2[C@H]3C(=O)N(c4cccc(Cl)c4)C(=O)[C@@H]3[C@H]3c4ccccc4C=CN32)cc1Br. The van der Waals surface area contributed by atoms with E-state index < -0.39 is 29.8 Å². The van der Waals surface area contributed by atoms with Crippen LogP contribution in [0.2, 0.25) is 5.02 Å². The number of anilines is 1. The molecule has 3 aliphatic rings. The molecule has 3 aromatic rings. The van der Waals surface area contributed by atoms with E-state index in [0.29, 0.717) is 26.5 Å². The summed E-state index contributed by atoms with van der Waals surface area (Å²) in [7, 11) is 1.55. The summed E-state index contributed by atoms with van der Waals surface area (Å²) in [5.74, 6) is -1.89. The molecule has 4 atom stereocenters. The van der Waals surface area contributed by atoms with Crippen LogP contribution in [0.5, 0.6) is 5.75 Å². The van der Waals surface area contributed by atoms with Crippen molar-refractivity contribution in [2.45, 2.75) is 12.1 Å². The van der Waals surface area contributed by atoms with Gasteiger partial charge in [-0.05, 0) is 69.5 Å². The summed E-state index contributed by atoms with van der Waals surface area (Å²) in [6.07, 6.45) is 3.78. The Kier molecular flexibility index (Phi) is 5.50. The molecule has 6 nitrogen and oxygen atoms in total. The molecule has 3 aromatic carbocycles. The average molecular weight is 564 g/mol. The van der Waals surface area contributed by atoms with Gasteiger partial charge in [0.25, 0.3) is 0 Å². The van der Waals surface area contributed by atoms with Crippen molar-refractivity contribution >= 4 is 56.9 Å². The minimum Gasteiger partial charge on any atom is -0.496 e. The minimum absolute atomic E-state index is 0.228. The van der Waals surface area contributed by atoms with E-state index in [1.807, 2.05) is 41.4 Å². The molecule has 3 heterocycles. The molecule has 2 saturated heterocycles. The summed E-state index contributed by atoms with van der Waals surface area (Å²) >= 11 is 9.63. The second kappa shape index (κ2) is 8.61. The number of carbonyl (C=O) groups is 3. The maximum atomic E-state index is 14.0. The van der Waals surface area contributed by atoms with E-state index in [1.54, 1.807) is 49.6 Å². The van der Waals surface area contributed by atoms with Crippen molar-refractivity contribution < 1.29 is 19.1 Å². The molecule has 0 bridgehead atoms. The Balaban J connectivity index is 1.49. The first-order valence-corrected chi connectivity index (χ1v) is 12.6. The molecule has 0 radical (unpaired) electrons. The molecule has 0 unspecified atom stereocenters. The zero-order valence-electron chi connectivity index (χ0n) is 19.1. The van der Waals surface area contributed by atoms with Crippen molar-refractivity contribution in [3.05, 3.63) is 99.1 Å². The minimum atomic E-state index is -0.842. The number of hydrogen-bond donors (Lipinski definition) is 0. The number of benzene rings is 3. The van der Waals surface area contributed by atoms with Gasteiger partial charge in [-0.1, -0.05) is 41.9 Å². The largest absolute Gasteiger partial charge is 0.496 e. The van der Waals surface area contributed by atoms with Crippen molar-refractivity contribution in [3.8, 4) is 5.75 Å². The lowest BCUT2D eigenvalue weighted by atomic mass is 9.83. The number of nitrogens with zero attached hydrogens (tertiary/aromatic N) is 2. The number of methoxy groups -OCH3 is 1. The van der Waals surface area contributed by atoms with Gasteiger partial charge in [-0.25, -0.2) is 4.90 Å². The van der Waals surface area contributed by atoms with E-state index in [9.17, 15) is 14.4 Å². The van der Waals surface area contributed by atoms with Crippen LogP contribution in [0, 0.1) is 11.8 Å². The van der Waals surface area contributed by atoms with E-state index in [4.69, 9.17) is 16.3 Å². The predicted octanol–water partition coefficient (Wildman–Crippen LogP) is 5.51. The molecule has 2 fully saturated rings. The monoisotopic (exact) mass is 562 g/mol. The van der Waals surface area contributed by atoms with E-state index in [-0.39, 0.29) is 11.7 Å². The highest BCUT2D eigenvalue weighted by Gasteiger charge is 2.64. The van der Waals surface area contributed by atoms with Crippen molar-refractivity contribution in [2.24, 2.45) is 11.8 Å². The van der Waals surface area contributed by atoms with Crippen LogP contribution in [-0.2, 0) is 9.59 Å². The molecule has 0 aliphatic carbocycles. The number of ether oxygens (including phenoxy) is 1. The Morgan fingerprint density at radius 3 is 2.50 bits per heavy atom. The fourth-order valence-electron chi connectivity index (χ4n) is 5.72. The van der Waals surface area contributed by atoms with Gasteiger partial charge in [0.05, 0.1) is 35.1 Å². The highest BCUT2D eigenvalue weighted by atomic mass is 79.9. The van der Waals surface area contributed by atoms with Crippen molar-refractivity contribution in [2.75, 3.05) is 12.0 Å². The molecule has 3 aliphatic heterocycles. The summed E-state index contributed by atoms with van der Waals surface area (Å²) in [4.78, 5) is 44.9. The van der Waals surface area contributed by atoms with E-state index >= 15 is 0 Å². The summed E-state index contributed by atoms with van der Waals surface area (Å²) in [6.45, 7) is 0. The van der Waals surface area contributed by atoms with Crippen molar-refractivity contribution in [3.63, 3.8) is 0 Å². The van der Waals surface area contributed by atoms with Crippen LogP contribution in [0.15, 0.2) is 77.4 Å². The average Bonchev–Trinajstić information content (AvgIpc) is 3.36. The van der Waals surface area contributed by atoms with Gasteiger partial charge in [0.2, 0.25) is 11.8 Å². The maximum absolute atomic E-state index is 14.0. The zero-order valence-corrected chi connectivity index (χ0v) is 21.4. The first-order chi connectivity index (χ1) is 17.4. The van der Waals surface area contributed by atoms with Crippen LogP contribution in [0.1, 0.15) is 27.5 Å². The Morgan fingerprint density at radius 2 is 1.75 bits per heavy atom. The standard InChI is InChI=1S/C28H20BrClN2O4/c1-36-21-10-9-16(13-20(21)29)26(33)25-23-22(24-19-8-3-2-5-15(19)11-12-31(24)25)27(34)32(28(23)35)18-7-4-6-17(30)14-18/h2-14,22-25H,1H3/t22-,23-,24+,25+/m0/s1. The summed E-state index contributed by atoms with van der Waals surface area (Å²) in [5, 5.41) is 0.424. The van der Waals surface area contributed by atoms with E-state index in [2.05, 4.69) is 15.9 Å². The number of rotatable bonds is 4. The highest BCUT2D eigenvalue weighted by molar-refractivity contribution is 9.10. The maximum Gasteiger partial charge on any atom is 0.240 e. The second-order valence-electron chi connectivity index (χ2n) is 9.04. The molecular formula is C28H20BrClN2O4. The molecule has 0 saturated carbocycles. The van der Waals surface area contributed by atoms with Gasteiger partial charge < -0.3 is 9.64 Å². The fourth-order valence-corrected chi connectivity index (χ4v) is 6.44. The first-order valence-electron chi connectivity index (χ1n) is 11.5. The van der Waals surface area contributed by atoms with E-state index in [1.165, 1.54) is 4.90 Å². The normalized spacial score (nSPS) is 24.0. The molecule has 36 heavy (non-hydrogen) atoms. The van der Waals surface area contributed by atoms with Crippen LogP contribution in [0.25, 0.3) is 6.08 Å². The van der Waals surface area contributed by atoms with Gasteiger partial charge in [0, 0.05) is 16.8 Å². The number of hydrogen-bond acceptors (Lipinski definition) is 5. The zero-order chi connectivity index (χ0) is 25.1. The number of carbonyl (C=O) groups excluding carboxylic acids is 3. The number of amides is 2. The summed E-state index contributed by atoms with van der Waals surface area (Å²) in [6, 6.07) is 18.3. The lowest BCUT2D eigenvalue weighted by molar-refractivity contribution is -0.123. The Hall–Kier alpha value is -3.42. The van der Waals surface area contributed by atoms with Crippen LogP contribution >= 0.6 is 27.5 Å². The second-order valence-corrected chi connectivity index (χ2v) is 10.3. The predicted molar refractivity (Wildman–Crippen MR) is 140 cm³/mol. The quantitative estimate of drug-likeness (QED) is 0.309. The first kappa shape index (κ1) is 23.0. The van der Waals surface area contributed by atoms with Crippen LogP contribution < -0.4 is 9.64 Å². The Bertz CT molecular complexity index is 1470. The molecule has 0 aromatic heterocycles. The van der Waals surface area contributed by atoms with Crippen LogP contribution in [0.3, 0.4) is 0 Å². The Morgan fingerprint density at radius 1 is 0.972 bits per heavy atom. The summed E-state index contributed by atoms with van der Waals surface area (Å²) in [5.41, 5.74) is 2.74. The molecule has 0 N–H and O–H groups in total. The van der Waals surface area contributed by atoms with Crippen molar-refractivity contribution in [1.29, 1.82) is 0 Å². The number of halogens is 2. The molecule has 8 heteroatoms. The van der Waals surface area contributed by atoms with Gasteiger partial charge in [0.1, 0.15) is 11.8 Å². The number of ketones is 1. The van der Waals surface area contributed by atoms with Crippen LogP contribution in [-0.4, -0.2) is 35.6 Å². The molecule has 0 spiro atoms. The molecule has 6 rings (SSSR count). The highest BCUT2D eigenvalue weighted by Crippen LogP contribution is 2.53. The van der Waals surface area contributed by atoms with E-state index in [0.717, 1.165) is 11.1 Å². The van der Waals surface area contributed by atoms with Gasteiger partial charge in [0.15, 0.2) is 5.78 Å². The third-order valence-electron chi connectivity index (χ3n) is 7.23. The topological polar surface area (TPSA) is 66.9 Å². The summed E-state index contributed by atoms with van der Waals surface area (Å²) < 4.78 is 5.94. The number of Topliss-reactive ketones (excluding diaryl/α,β-unsaturated/α-hetero) is 1. The van der Waals surface area contributed by atoms with Crippen molar-refractivity contribution in [1.82, 2.24) is 4.90 Å². The van der Waals surface area contributed by atoms with Gasteiger partial charge in [-0.3, -0.25) is 14.4 Å². The smallest absolute Gasteiger partial charge is 0.240 e. The fraction of sp³-hybridized carbons (Fsp3) is 0.179. The lowest BCUT2D eigenvalue weighted by Gasteiger charge is -2.35. The Labute approximate surface area is 221 Å². The number of fused-ring (bicyclic) bond motifs is 5. The lowest BCUT2D eigenvalue weighted by Crippen LogP contribution is -2.44.